The summed E-state index contributed by atoms with van der Waals surface area (Å²) in [6.45, 7) is 3.07. The molecule has 0 spiro atoms. The van der Waals surface area contributed by atoms with E-state index >= 15 is 0 Å². The van der Waals surface area contributed by atoms with Gasteiger partial charge in [0.1, 0.15) is 18.3 Å². The fourth-order valence-electron chi connectivity index (χ4n) is 2.57. The second-order valence-electron chi connectivity index (χ2n) is 5.94. The Kier molecular flexibility index (Phi) is 5.24. The molecule has 1 aromatic heterocycles. The summed E-state index contributed by atoms with van der Waals surface area (Å²) in [5.41, 5.74) is -2.55. The number of nitrogens with one attached hydrogen (secondary N) is 2. The van der Waals surface area contributed by atoms with Crippen molar-refractivity contribution in [1.82, 2.24) is 9.97 Å². The van der Waals surface area contributed by atoms with Crippen LogP contribution >= 0.6 is 8.25 Å². The molecular weight excluding hydrogens is 331 g/mol. The van der Waals surface area contributed by atoms with Crippen LogP contribution in [0.3, 0.4) is 0 Å². The highest BCUT2D eigenvalue weighted by Gasteiger charge is 2.46. The van der Waals surface area contributed by atoms with Crippen molar-refractivity contribution in [3.63, 3.8) is 0 Å². The third kappa shape index (κ3) is 4.17. The second-order valence-corrected chi connectivity index (χ2v) is 6.67. The van der Waals surface area contributed by atoms with Gasteiger partial charge in [0.2, 0.25) is 0 Å². The zero-order valence-corrected chi connectivity index (χ0v) is 13.5. The largest absolute Gasteiger partial charge is 0.388 e. The molecule has 0 aliphatic carbocycles. The molecule has 1 aliphatic heterocycles. The van der Waals surface area contributed by atoms with Crippen molar-refractivity contribution < 1.29 is 28.9 Å². The molecule has 1 saturated heterocycles. The smallest absolute Gasteiger partial charge is 0.325 e. The minimum atomic E-state index is -3.18. The summed E-state index contributed by atoms with van der Waals surface area (Å²) in [7, 11) is -3.18. The minimum Gasteiger partial charge on any atom is -0.388 e. The Morgan fingerprint density at radius 1 is 1.35 bits per heavy atom. The molecule has 5 atom stereocenters. The monoisotopic (exact) mass is 350 g/mol. The van der Waals surface area contributed by atoms with Crippen molar-refractivity contribution in [2.45, 2.75) is 50.3 Å². The third-order valence-corrected chi connectivity index (χ3v) is 4.30. The first-order valence-electron chi connectivity index (χ1n) is 6.86. The average Bonchev–Trinajstić information content (AvgIpc) is 2.65. The van der Waals surface area contributed by atoms with Crippen LogP contribution in [0.15, 0.2) is 15.8 Å². The summed E-state index contributed by atoms with van der Waals surface area (Å²) in [4.78, 5) is 35.9. The Morgan fingerprint density at radius 3 is 2.57 bits per heavy atom. The molecule has 23 heavy (non-hydrogen) atoms. The van der Waals surface area contributed by atoms with Gasteiger partial charge in [-0.25, -0.2) is 4.79 Å². The van der Waals surface area contributed by atoms with Gasteiger partial charge in [-0.2, -0.15) is 0 Å². The first-order valence-corrected chi connectivity index (χ1v) is 8.12. The maximum atomic E-state index is 11.8. The maximum Gasteiger partial charge on any atom is 0.325 e. The standard InChI is InChI=1S/C12H19N2O8P/c1-12(2,22-23(19)20)3-6-7(15)8(16)9(21-6)5-4-13-11(18)14-10(5)17/h4,6-9,15-16,23H,3H2,1-2H3,(H,19,20)(H2,13,14,17,18)/t6-,7-,8-,9?/m1/s1. The minimum absolute atomic E-state index is 0.0138. The third-order valence-electron chi connectivity index (χ3n) is 3.57. The van der Waals surface area contributed by atoms with E-state index in [4.69, 9.17) is 14.2 Å². The summed E-state index contributed by atoms with van der Waals surface area (Å²) < 4.78 is 21.2. The average molecular weight is 350 g/mol. The van der Waals surface area contributed by atoms with Gasteiger partial charge in [-0.15, -0.1) is 0 Å². The summed E-state index contributed by atoms with van der Waals surface area (Å²) >= 11 is 0. The van der Waals surface area contributed by atoms with E-state index in [0.717, 1.165) is 6.20 Å². The van der Waals surface area contributed by atoms with Gasteiger partial charge in [0.15, 0.2) is 0 Å². The molecule has 1 aromatic rings. The number of aliphatic hydroxyl groups is 2. The molecule has 0 bridgehead atoms. The number of aromatic nitrogens is 2. The quantitative estimate of drug-likeness (QED) is 0.413. The lowest BCUT2D eigenvalue weighted by Gasteiger charge is -2.27. The Labute approximate surface area is 131 Å². The molecule has 5 N–H and O–H groups in total. The van der Waals surface area contributed by atoms with Crippen LogP contribution in [0.5, 0.6) is 0 Å². The fourth-order valence-corrected chi connectivity index (χ4v) is 3.12. The highest BCUT2D eigenvalue weighted by molar-refractivity contribution is 7.32. The SMILES string of the molecule is CC(C)(C[C@H]1OC(c2c[nH]c(=O)[nH]c2=O)[C@H](O)[C@@H]1O)O[PH](=O)O. The molecular formula is C12H19N2O8P. The van der Waals surface area contributed by atoms with Gasteiger partial charge in [-0.1, -0.05) is 0 Å². The number of aliphatic hydroxyl groups excluding tert-OH is 2. The van der Waals surface area contributed by atoms with E-state index in [0.29, 0.717) is 0 Å². The van der Waals surface area contributed by atoms with Crippen molar-refractivity contribution in [1.29, 1.82) is 0 Å². The zero-order valence-electron chi connectivity index (χ0n) is 12.5. The number of hydrogen-bond donors (Lipinski definition) is 5. The van der Waals surface area contributed by atoms with Gasteiger partial charge in [0, 0.05) is 12.6 Å². The molecule has 130 valence electrons. The maximum absolute atomic E-state index is 11.8. The van der Waals surface area contributed by atoms with Crippen molar-refractivity contribution in [2.75, 3.05) is 0 Å². The van der Waals surface area contributed by atoms with Crippen LogP contribution < -0.4 is 11.2 Å². The van der Waals surface area contributed by atoms with Crippen LogP contribution in [0, 0.1) is 0 Å². The summed E-state index contributed by atoms with van der Waals surface area (Å²) in [5, 5.41) is 20.2. The molecule has 2 rings (SSSR count). The van der Waals surface area contributed by atoms with E-state index < -0.39 is 49.5 Å². The number of H-pyrrole nitrogens is 2. The van der Waals surface area contributed by atoms with E-state index in [-0.39, 0.29) is 12.0 Å². The molecule has 1 aliphatic rings. The van der Waals surface area contributed by atoms with E-state index in [2.05, 4.69) is 4.98 Å². The fraction of sp³-hybridized carbons (Fsp3) is 0.667. The topological polar surface area (TPSA) is 162 Å². The molecule has 0 saturated carbocycles. The van der Waals surface area contributed by atoms with Gasteiger partial charge in [-0.3, -0.25) is 14.3 Å². The molecule has 0 radical (unpaired) electrons. The number of ether oxygens (including phenoxy) is 1. The van der Waals surface area contributed by atoms with Crippen LogP contribution in [-0.2, 0) is 13.8 Å². The Balaban J connectivity index is 2.19. The molecule has 0 amide bonds. The first-order chi connectivity index (χ1) is 10.6. The Hall–Kier alpha value is -1.29. The van der Waals surface area contributed by atoms with Crippen molar-refractivity contribution in [2.24, 2.45) is 0 Å². The summed E-state index contributed by atoms with van der Waals surface area (Å²) in [6, 6.07) is 0. The lowest BCUT2D eigenvalue weighted by molar-refractivity contribution is -0.0377. The molecule has 0 aromatic carbocycles. The normalized spacial score (nSPS) is 29.6. The van der Waals surface area contributed by atoms with Gasteiger partial charge >= 0.3 is 13.9 Å². The predicted molar refractivity (Wildman–Crippen MR) is 78.3 cm³/mol. The van der Waals surface area contributed by atoms with E-state index in [1.165, 1.54) is 13.8 Å². The lowest BCUT2D eigenvalue weighted by Crippen LogP contribution is -2.36. The molecule has 10 nitrogen and oxygen atoms in total. The highest BCUT2D eigenvalue weighted by Crippen LogP contribution is 2.38. The number of aromatic amines is 2. The number of hydrogen-bond acceptors (Lipinski definition) is 7. The van der Waals surface area contributed by atoms with E-state index in [1.54, 1.807) is 0 Å². The molecule has 1 fully saturated rings. The molecule has 11 heteroatoms. The Morgan fingerprint density at radius 2 is 2.00 bits per heavy atom. The van der Waals surface area contributed by atoms with Crippen molar-refractivity contribution in [3.05, 3.63) is 32.6 Å². The van der Waals surface area contributed by atoms with Crippen LogP contribution in [0.25, 0.3) is 0 Å². The van der Waals surface area contributed by atoms with Gasteiger partial charge < -0.3 is 29.4 Å². The van der Waals surface area contributed by atoms with Crippen LogP contribution in [-0.4, -0.2) is 49.0 Å². The first kappa shape index (κ1) is 18.1. The number of rotatable bonds is 5. The van der Waals surface area contributed by atoms with Gasteiger partial charge in [0.05, 0.1) is 17.3 Å². The molecule has 2 heterocycles. The predicted octanol–water partition coefficient (Wildman–Crippen LogP) is -1.21. The van der Waals surface area contributed by atoms with Crippen LogP contribution in [0.4, 0.5) is 0 Å². The van der Waals surface area contributed by atoms with E-state index in [1.807, 2.05) is 4.98 Å². The zero-order chi connectivity index (χ0) is 17.4. The second kappa shape index (κ2) is 6.68. The van der Waals surface area contributed by atoms with E-state index in [9.17, 15) is 24.4 Å². The van der Waals surface area contributed by atoms with Crippen molar-refractivity contribution >= 4 is 8.25 Å². The van der Waals surface area contributed by atoms with Gasteiger partial charge in [-0.05, 0) is 13.8 Å². The Bertz CT molecular complexity index is 699. The van der Waals surface area contributed by atoms with Crippen LogP contribution in [0.2, 0.25) is 0 Å². The van der Waals surface area contributed by atoms with Gasteiger partial charge in [0.25, 0.3) is 5.56 Å². The highest BCUT2D eigenvalue weighted by atomic mass is 31.1. The summed E-state index contributed by atoms with van der Waals surface area (Å²) in [6.07, 6.45) is -3.66. The lowest BCUT2D eigenvalue weighted by atomic mass is 9.96. The molecule has 2 unspecified atom stereocenters. The van der Waals surface area contributed by atoms with Crippen molar-refractivity contribution in [3.8, 4) is 0 Å². The summed E-state index contributed by atoms with van der Waals surface area (Å²) in [5.74, 6) is 0. The van der Waals surface area contributed by atoms with Crippen LogP contribution in [0.1, 0.15) is 31.9 Å².